The molecule has 0 heterocycles. The van der Waals surface area contributed by atoms with Gasteiger partial charge < -0.3 is 10.6 Å². The van der Waals surface area contributed by atoms with Crippen molar-refractivity contribution in [1.29, 1.82) is 0 Å². The molecule has 3 nitrogen and oxygen atoms in total. The molecule has 0 aromatic heterocycles. The van der Waals surface area contributed by atoms with Crippen molar-refractivity contribution in [1.82, 2.24) is 4.90 Å². The molecule has 0 bridgehead atoms. The maximum absolute atomic E-state index is 12.2. The average molecular weight is 282 g/mol. The molecular formula is C18H22N2O. The molecule has 2 rings (SSSR count). The van der Waals surface area contributed by atoms with E-state index in [9.17, 15) is 4.79 Å². The highest BCUT2D eigenvalue weighted by Crippen LogP contribution is 2.14. The van der Waals surface area contributed by atoms with Gasteiger partial charge >= 0.3 is 0 Å². The first-order valence-corrected chi connectivity index (χ1v) is 7.18. The van der Waals surface area contributed by atoms with Gasteiger partial charge in [0.05, 0.1) is 0 Å². The smallest absolute Gasteiger partial charge is 0.164 e. The topological polar surface area (TPSA) is 46.3 Å². The van der Waals surface area contributed by atoms with Crippen LogP contribution in [0.5, 0.6) is 0 Å². The lowest BCUT2D eigenvalue weighted by Crippen LogP contribution is -2.21. The molecule has 0 spiro atoms. The molecule has 0 fully saturated rings. The first kappa shape index (κ1) is 15.3. The number of nitrogens with two attached hydrogens (primary N) is 1. The Morgan fingerprint density at radius 3 is 2.52 bits per heavy atom. The minimum atomic E-state index is 0.140. The Balaban J connectivity index is 1.87. The number of ketones is 1. The Labute approximate surface area is 126 Å². The molecular weight excluding hydrogens is 260 g/mol. The van der Waals surface area contributed by atoms with Crippen molar-refractivity contribution in [2.45, 2.75) is 19.9 Å². The number of hydrogen-bond acceptors (Lipinski definition) is 3. The molecule has 0 aliphatic carbocycles. The van der Waals surface area contributed by atoms with Crippen LogP contribution in [0.2, 0.25) is 0 Å². The van der Waals surface area contributed by atoms with E-state index < -0.39 is 0 Å². The second-order valence-corrected chi connectivity index (χ2v) is 5.47. The summed E-state index contributed by atoms with van der Waals surface area (Å²) < 4.78 is 0. The number of nitrogens with zero attached hydrogens (tertiary/aromatic N) is 1. The molecule has 2 aromatic carbocycles. The zero-order valence-corrected chi connectivity index (χ0v) is 12.7. The Kier molecular flexibility index (Phi) is 5.12. The fraction of sp³-hybridized carbons (Fsp3) is 0.278. The molecule has 0 unspecified atom stereocenters. The first-order chi connectivity index (χ1) is 10.1. The monoisotopic (exact) mass is 282 g/mol. The van der Waals surface area contributed by atoms with E-state index in [1.54, 1.807) is 6.07 Å². The second-order valence-electron chi connectivity index (χ2n) is 5.47. The zero-order valence-electron chi connectivity index (χ0n) is 12.7. The van der Waals surface area contributed by atoms with E-state index in [0.29, 0.717) is 17.7 Å². The molecule has 110 valence electrons. The molecule has 0 radical (unpaired) electrons. The molecule has 0 saturated carbocycles. The van der Waals surface area contributed by atoms with Crippen molar-refractivity contribution in [3.8, 4) is 0 Å². The lowest BCUT2D eigenvalue weighted by atomic mass is 10.0. The largest absolute Gasteiger partial charge is 0.398 e. The van der Waals surface area contributed by atoms with E-state index in [2.05, 4.69) is 17.0 Å². The molecule has 0 atom stereocenters. The maximum atomic E-state index is 12.2. The van der Waals surface area contributed by atoms with Gasteiger partial charge in [-0.25, -0.2) is 0 Å². The SMILES string of the molecule is Cc1ccc(C(=O)CCN(C)Cc2ccccc2)cc1N. The van der Waals surface area contributed by atoms with Crippen LogP contribution in [-0.2, 0) is 6.54 Å². The molecule has 3 heteroatoms. The standard InChI is InChI=1S/C18H22N2O/c1-14-8-9-16(12-17(14)19)18(21)10-11-20(2)13-15-6-4-3-5-7-15/h3-9,12H,10-11,13,19H2,1-2H3. The first-order valence-electron chi connectivity index (χ1n) is 7.18. The van der Waals surface area contributed by atoms with Crippen LogP contribution in [0.4, 0.5) is 5.69 Å². The van der Waals surface area contributed by atoms with Crippen LogP contribution in [0.25, 0.3) is 0 Å². The van der Waals surface area contributed by atoms with Gasteiger partial charge in [-0.2, -0.15) is 0 Å². The summed E-state index contributed by atoms with van der Waals surface area (Å²) >= 11 is 0. The number of carbonyl (C=O) groups is 1. The second kappa shape index (κ2) is 7.04. The van der Waals surface area contributed by atoms with Crippen molar-refractivity contribution in [3.05, 3.63) is 65.2 Å². The lowest BCUT2D eigenvalue weighted by molar-refractivity contribution is 0.0968. The highest BCUT2D eigenvalue weighted by atomic mass is 16.1. The minimum Gasteiger partial charge on any atom is -0.398 e. The van der Waals surface area contributed by atoms with Gasteiger partial charge in [-0.1, -0.05) is 42.5 Å². The predicted octanol–water partition coefficient (Wildman–Crippen LogP) is 3.28. The molecule has 0 amide bonds. The summed E-state index contributed by atoms with van der Waals surface area (Å²) in [5, 5.41) is 0. The predicted molar refractivity (Wildman–Crippen MR) is 87.3 cm³/mol. The van der Waals surface area contributed by atoms with Crippen LogP contribution in [0.3, 0.4) is 0 Å². The molecule has 2 aromatic rings. The summed E-state index contributed by atoms with van der Waals surface area (Å²) in [4.78, 5) is 14.3. The number of carbonyl (C=O) groups excluding carboxylic acids is 1. The third-order valence-electron chi connectivity index (χ3n) is 3.62. The van der Waals surface area contributed by atoms with Crippen LogP contribution < -0.4 is 5.73 Å². The van der Waals surface area contributed by atoms with Gasteiger partial charge in [-0.15, -0.1) is 0 Å². The fourth-order valence-corrected chi connectivity index (χ4v) is 2.22. The number of Topliss-reactive ketones (excluding diaryl/α,β-unsaturated/α-hetero) is 1. The van der Waals surface area contributed by atoms with Gasteiger partial charge in [0.1, 0.15) is 0 Å². The zero-order chi connectivity index (χ0) is 15.2. The third kappa shape index (κ3) is 4.43. The third-order valence-corrected chi connectivity index (χ3v) is 3.62. The summed E-state index contributed by atoms with van der Waals surface area (Å²) in [7, 11) is 2.03. The summed E-state index contributed by atoms with van der Waals surface area (Å²) in [5.41, 5.74) is 9.50. The Morgan fingerprint density at radius 2 is 1.86 bits per heavy atom. The number of benzene rings is 2. The van der Waals surface area contributed by atoms with Gasteiger partial charge in [0.15, 0.2) is 5.78 Å². The summed E-state index contributed by atoms with van der Waals surface area (Å²) in [5.74, 6) is 0.140. The van der Waals surface area contributed by atoms with Crippen LogP contribution in [0.15, 0.2) is 48.5 Å². The van der Waals surface area contributed by atoms with E-state index in [0.717, 1.165) is 18.7 Å². The molecule has 0 aliphatic heterocycles. The van der Waals surface area contributed by atoms with Crippen LogP contribution in [0.1, 0.15) is 27.9 Å². The number of anilines is 1. The maximum Gasteiger partial charge on any atom is 0.164 e. The summed E-state index contributed by atoms with van der Waals surface area (Å²) in [6, 6.07) is 15.8. The van der Waals surface area contributed by atoms with Crippen LogP contribution >= 0.6 is 0 Å². The van der Waals surface area contributed by atoms with Crippen molar-refractivity contribution < 1.29 is 4.79 Å². The highest BCUT2D eigenvalue weighted by molar-refractivity contribution is 5.97. The molecule has 21 heavy (non-hydrogen) atoms. The van der Waals surface area contributed by atoms with E-state index in [1.807, 2.05) is 44.3 Å². The van der Waals surface area contributed by atoms with Crippen molar-refractivity contribution in [2.24, 2.45) is 0 Å². The summed E-state index contributed by atoms with van der Waals surface area (Å²) in [6.45, 7) is 3.53. The van der Waals surface area contributed by atoms with Gasteiger partial charge in [-0.05, 0) is 31.2 Å². The number of aryl methyl sites for hydroxylation is 1. The Morgan fingerprint density at radius 1 is 1.14 bits per heavy atom. The fourth-order valence-electron chi connectivity index (χ4n) is 2.22. The Bertz CT molecular complexity index is 608. The van der Waals surface area contributed by atoms with E-state index in [1.165, 1.54) is 5.56 Å². The Hall–Kier alpha value is -2.13. The number of hydrogen-bond donors (Lipinski definition) is 1. The van der Waals surface area contributed by atoms with E-state index in [4.69, 9.17) is 5.73 Å². The normalized spacial score (nSPS) is 10.8. The van der Waals surface area contributed by atoms with Gasteiger partial charge in [-0.3, -0.25) is 4.79 Å². The quantitative estimate of drug-likeness (QED) is 0.653. The van der Waals surface area contributed by atoms with E-state index in [-0.39, 0.29) is 5.78 Å². The van der Waals surface area contributed by atoms with Crippen molar-refractivity contribution in [3.63, 3.8) is 0 Å². The lowest BCUT2D eigenvalue weighted by Gasteiger charge is -2.16. The van der Waals surface area contributed by atoms with Crippen molar-refractivity contribution in [2.75, 3.05) is 19.3 Å². The van der Waals surface area contributed by atoms with Crippen LogP contribution in [0, 0.1) is 6.92 Å². The number of nitrogen functional groups attached to an aromatic ring is 1. The molecule has 0 saturated heterocycles. The molecule has 2 N–H and O–H groups in total. The highest BCUT2D eigenvalue weighted by Gasteiger charge is 2.09. The van der Waals surface area contributed by atoms with Gasteiger partial charge in [0, 0.05) is 30.8 Å². The van der Waals surface area contributed by atoms with Gasteiger partial charge in [0.25, 0.3) is 0 Å². The molecule has 0 aliphatic rings. The number of rotatable bonds is 6. The van der Waals surface area contributed by atoms with Crippen molar-refractivity contribution >= 4 is 11.5 Å². The van der Waals surface area contributed by atoms with Crippen LogP contribution in [-0.4, -0.2) is 24.3 Å². The van der Waals surface area contributed by atoms with Gasteiger partial charge in [0.2, 0.25) is 0 Å². The average Bonchev–Trinajstić information content (AvgIpc) is 2.48. The minimum absolute atomic E-state index is 0.140. The van der Waals surface area contributed by atoms with E-state index >= 15 is 0 Å². The summed E-state index contributed by atoms with van der Waals surface area (Å²) in [6.07, 6.45) is 0.506.